The Balaban J connectivity index is 1.85. The average Bonchev–Trinajstić information content (AvgIpc) is 3.04. The number of primary sulfonamides is 1. The van der Waals surface area contributed by atoms with Crippen molar-refractivity contribution in [2.45, 2.75) is 17.9 Å². The number of rotatable bonds is 5. The van der Waals surface area contributed by atoms with Crippen molar-refractivity contribution in [2.75, 3.05) is 12.0 Å². The normalized spacial score (nSPS) is 13.4. The van der Waals surface area contributed by atoms with Crippen LogP contribution in [0.4, 0.5) is 14.5 Å². The van der Waals surface area contributed by atoms with Gasteiger partial charge in [-0.25, -0.2) is 27.3 Å². The highest BCUT2D eigenvalue weighted by Gasteiger charge is 2.34. The summed E-state index contributed by atoms with van der Waals surface area (Å²) >= 11 is 0. The van der Waals surface area contributed by atoms with Crippen molar-refractivity contribution in [3.63, 3.8) is 0 Å². The minimum Gasteiger partial charge on any atom is -0.480 e. The first-order valence-corrected chi connectivity index (χ1v) is 10.7. The number of anilines is 1. The van der Waals surface area contributed by atoms with E-state index in [4.69, 9.17) is 9.88 Å². The van der Waals surface area contributed by atoms with Crippen LogP contribution in [0.3, 0.4) is 0 Å². The summed E-state index contributed by atoms with van der Waals surface area (Å²) in [5.74, 6) is -2.35. The van der Waals surface area contributed by atoms with E-state index in [2.05, 4.69) is 4.98 Å². The van der Waals surface area contributed by atoms with Crippen molar-refractivity contribution in [3.05, 3.63) is 71.4 Å². The largest absolute Gasteiger partial charge is 0.480 e. The highest BCUT2D eigenvalue weighted by Crippen LogP contribution is 2.44. The van der Waals surface area contributed by atoms with E-state index in [1.165, 1.54) is 18.2 Å². The summed E-state index contributed by atoms with van der Waals surface area (Å²) in [6.07, 6.45) is 1.50. The predicted octanol–water partition coefficient (Wildman–Crippen LogP) is 2.77. The number of hydrogen-bond donors (Lipinski definition) is 1. The molecule has 3 aromatic rings. The molecule has 0 bridgehead atoms. The maximum absolute atomic E-state index is 14.6. The van der Waals surface area contributed by atoms with Crippen molar-refractivity contribution < 1.29 is 26.7 Å². The Morgan fingerprint density at radius 1 is 1.16 bits per heavy atom. The Bertz CT molecular complexity index is 1270. The van der Waals surface area contributed by atoms with Gasteiger partial charge in [-0.15, -0.1) is 0 Å². The smallest absolute Gasteiger partial charge is 0.238 e. The molecular formula is C21H17F2N3O4S. The molecule has 1 aromatic heterocycles. The lowest BCUT2D eigenvalue weighted by Crippen LogP contribution is -2.28. The quantitative estimate of drug-likeness (QED) is 0.651. The summed E-state index contributed by atoms with van der Waals surface area (Å²) in [7, 11) is -2.85. The number of ether oxygens (including phenoxy) is 1. The molecule has 1 amide bonds. The first kappa shape index (κ1) is 20.9. The Morgan fingerprint density at radius 3 is 2.39 bits per heavy atom. The van der Waals surface area contributed by atoms with Gasteiger partial charge in [0, 0.05) is 17.3 Å². The monoisotopic (exact) mass is 445 g/mol. The van der Waals surface area contributed by atoms with E-state index in [-0.39, 0.29) is 18.2 Å². The van der Waals surface area contributed by atoms with Crippen LogP contribution in [0.15, 0.2) is 53.6 Å². The van der Waals surface area contributed by atoms with Crippen LogP contribution in [0, 0.1) is 11.6 Å². The first-order valence-electron chi connectivity index (χ1n) is 9.13. The van der Waals surface area contributed by atoms with Crippen LogP contribution in [-0.4, -0.2) is 26.4 Å². The van der Waals surface area contributed by atoms with Gasteiger partial charge in [-0.1, -0.05) is 30.3 Å². The van der Waals surface area contributed by atoms with Crippen LogP contribution in [0.1, 0.15) is 11.1 Å². The van der Waals surface area contributed by atoms with Crippen molar-refractivity contribution in [1.29, 1.82) is 0 Å². The molecule has 0 saturated heterocycles. The van der Waals surface area contributed by atoms with E-state index in [0.29, 0.717) is 34.5 Å². The molecule has 1 aliphatic rings. The Kier molecular flexibility index (Phi) is 5.19. The molecule has 2 aromatic carbocycles. The third kappa shape index (κ3) is 3.75. The predicted molar refractivity (Wildman–Crippen MR) is 109 cm³/mol. The van der Waals surface area contributed by atoms with Crippen LogP contribution in [0.25, 0.3) is 11.1 Å². The number of nitrogens with two attached hydrogens (primary N) is 1. The Hall–Kier alpha value is -3.37. The molecular weight excluding hydrogens is 428 g/mol. The van der Waals surface area contributed by atoms with Gasteiger partial charge in [0.1, 0.15) is 11.6 Å². The topological polar surface area (TPSA) is 103 Å². The summed E-state index contributed by atoms with van der Waals surface area (Å²) in [6, 6.07) is 10.3. The van der Waals surface area contributed by atoms with E-state index in [9.17, 15) is 22.0 Å². The van der Waals surface area contributed by atoms with Gasteiger partial charge >= 0.3 is 0 Å². The highest BCUT2D eigenvalue weighted by molar-refractivity contribution is 7.89. The number of aromatic nitrogens is 1. The fourth-order valence-electron chi connectivity index (χ4n) is 3.59. The molecule has 2 heterocycles. The third-order valence-electron chi connectivity index (χ3n) is 5.02. The van der Waals surface area contributed by atoms with Gasteiger partial charge in [-0.05, 0) is 17.7 Å². The molecule has 0 fully saturated rings. The fraction of sp³-hybridized carbons (Fsp3) is 0.143. The number of benzene rings is 2. The lowest BCUT2D eigenvalue weighted by molar-refractivity contribution is -0.117. The van der Waals surface area contributed by atoms with Crippen molar-refractivity contribution in [3.8, 4) is 17.0 Å². The number of carbonyl (C=O) groups excluding carboxylic acids is 1. The second-order valence-electron chi connectivity index (χ2n) is 6.95. The van der Waals surface area contributed by atoms with E-state index < -0.39 is 38.7 Å². The molecule has 160 valence electrons. The summed E-state index contributed by atoms with van der Waals surface area (Å²) in [5, 5.41) is 4.96. The van der Waals surface area contributed by atoms with Gasteiger partial charge in [0.15, 0.2) is 0 Å². The van der Waals surface area contributed by atoms with Gasteiger partial charge in [0.2, 0.25) is 21.8 Å². The average molecular weight is 445 g/mol. The summed E-state index contributed by atoms with van der Waals surface area (Å²) < 4.78 is 57.5. The van der Waals surface area contributed by atoms with Gasteiger partial charge in [-0.2, -0.15) is 0 Å². The zero-order valence-electron chi connectivity index (χ0n) is 16.3. The molecule has 0 saturated carbocycles. The molecule has 1 aliphatic heterocycles. The molecule has 0 atom stereocenters. The van der Waals surface area contributed by atoms with Crippen LogP contribution < -0.4 is 14.8 Å². The molecule has 10 heteroatoms. The number of methoxy groups -OCH3 is 1. The van der Waals surface area contributed by atoms with E-state index in [1.54, 1.807) is 12.1 Å². The number of nitrogens with zero attached hydrogens (tertiary/aromatic N) is 2. The number of halogens is 2. The lowest BCUT2D eigenvalue weighted by Gasteiger charge is -2.22. The van der Waals surface area contributed by atoms with Gasteiger partial charge < -0.3 is 9.64 Å². The van der Waals surface area contributed by atoms with Crippen LogP contribution in [-0.2, 0) is 27.8 Å². The molecule has 7 nitrogen and oxygen atoms in total. The minimum atomic E-state index is -4.29. The molecule has 0 spiro atoms. The minimum absolute atomic E-state index is 0.00463. The molecule has 0 radical (unpaired) electrons. The summed E-state index contributed by atoms with van der Waals surface area (Å²) in [6.45, 7) is -0.443. The molecule has 2 N–H and O–H groups in total. The van der Waals surface area contributed by atoms with E-state index in [1.807, 2.05) is 18.2 Å². The summed E-state index contributed by atoms with van der Waals surface area (Å²) in [5.41, 5.74) is 1.81. The molecule has 0 aliphatic carbocycles. The van der Waals surface area contributed by atoms with Gasteiger partial charge in [0.25, 0.3) is 0 Å². The number of sulfonamides is 1. The van der Waals surface area contributed by atoms with Crippen LogP contribution in [0.2, 0.25) is 0 Å². The molecule has 0 unspecified atom stereocenters. The summed E-state index contributed by atoms with van der Waals surface area (Å²) in [4.78, 5) is 17.6. The SMILES string of the molecule is COc1ncc2c(c1-c1ccccc1)N(Cc1c(F)cc(S(N)(=O)=O)cc1F)C(=O)C2. The number of amides is 1. The second kappa shape index (κ2) is 7.71. The van der Waals surface area contributed by atoms with Crippen molar-refractivity contribution in [1.82, 2.24) is 4.98 Å². The van der Waals surface area contributed by atoms with Crippen molar-refractivity contribution >= 4 is 21.6 Å². The van der Waals surface area contributed by atoms with E-state index >= 15 is 0 Å². The number of pyridine rings is 1. The molecule has 31 heavy (non-hydrogen) atoms. The number of fused-ring (bicyclic) bond motifs is 1. The van der Waals surface area contributed by atoms with Crippen molar-refractivity contribution in [2.24, 2.45) is 5.14 Å². The number of carbonyl (C=O) groups is 1. The standard InChI is InChI=1S/C21H17F2N3O4S/c1-30-21-19(12-5-3-2-4-6-12)20-13(10-25-21)7-18(27)26(20)11-15-16(22)8-14(9-17(15)23)31(24,28)29/h2-6,8-10H,7,11H2,1H3,(H2,24,28,29). The first-order chi connectivity index (χ1) is 14.7. The highest BCUT2D eigenvalue weighted by atomic mass is 32.2. The fourth-order valence-corrected chi connectivity index (χ4v) is 4.12. The lowest BCUT2D eigenvalue weighted by atomic mass is 10.0. The third-order valence-corrected chi connectivity index (χ3v) is 5.91. The van der Waals surface area contributed by atoms with Gasteiger partial charge in [-0.3, -0.25) is 4.79 Å². The molecule has 4 rings (SSSR count). The Morgan fingerprint density at radius 2 is 1.81 bits per heavy atom. The number of hydrogen-bond acceptors (Lipinski definition) is 5. The van der Waals surface area contributed by atoms with Crippen LogP contribution >= 0.6 is 0 Å². The van der Waals surface area contributed by atoms with Gasteiger partial charge in [0.05, 0.1) is 36.2 Å². The second-order valence-corrected chi connectivity index (χ2v) is 8.51. The maximum Gasteiger partial charge on any atom is 0.238 e. The van der Waals surface area contributed by atoms with E-state index in [0.717, 1.165) is 0 Å². The zero-order chi connectivity index (χ0) is 22.3. The maximum atomic E-state index is 14.6. The Labute approximate surface area is 177 Å². The zero-order valence-corrected chi connectivity index (χ0v) is 17.1. The van der Waals surface area contributed by atoms with Crippen LogP contribution in [0.5, 0.6) is 5.88 Å².